The summed E-state index contributed by atoms with van der Waals surface area (Å²) < 4.78 is 51.5. The predicted octanol–water partition coefficient (Wildman–Crippen LogP) is 4.31. The van der Waals surface area contributed by atoms with Gasteiger partial charge < -0.3 is 10.6 Å². The van der Waals surface area contributed by atoms with E-state index >= 15 is 0 Å². The van der Waals surface area contributed by atoms with Gasteiger partial charge in [0.25, 0.3) is 5.91 Å². The summed E-state index contributed by atoms with van der Waals surface area (Å²) in [6.07, 6.45) is -4.14. The van der Waals surface area contributed by atoms with Crippen LogP contribution in [-0.2, 0) is 11.0 Å². The molecule has 2 rings (SSSR count). The Bertz CT molecular complexity index is 795. The fourth-order valence-electron chi connectivity index (χ4n) is 1.67. The van der Waals surface area contributed by atoms with Crippen molar-refractivity contribution >= 4 is 34.7 Å². The minimum atomic E-state index is -4.69. The molecule has 0 aliphatic rings. The third kappa shape index (κ3) is 4.42. The van der Waals surface area contributed by atoms with E-state index in [-0.39, 0.29) is 16.7 Å². The molecule has 0 spiro atoms. The highest BCUT2D eigenvalue weighted by Gasteiger charge is 2.35. The molecule has 0 atom stereocenters. The normalized spacial score (nSPS) is 11.0. The van der Waals surface area contributed by atoms with Gasteiger partial charge in [-0.1, -0.05) is 12.6 Å². The molecule has 1 aromatic carbocycles. The number of benzene rings is 1. The molecule has 1 amide bonds. The van der Waals surface area contributed by atoms with Crippen LogP contribution >= 0.6 is 11.6 Å². The highest BCUT2D eigenvalue weighted by atomic mass is 35.5. The van der Waals surface area contributed by atoms with Crippen LogP contribution in [0.4, 0.5) is 34.8 Å². The zero-order chi connectivity index (χ0) is 17.9. The Balaban J connectivity index is 2.31. The molecule has 1 aromatic heterocycles. The van der Waals surface area contributed by atoms with Gasteiger partial charge in [-0.3, -0.25) is 4.79 Å². The Kier molecular flexibility index (Phi) is 5.03. The number of rotatable bonds is 4. The minimum absolute atomic E-state index is 0.150. The van der Waals surface area contributed by atoms with E-state index in [0.717, 1.165) is 0 Å². The molecule has 24 heavy (non-hydrogen) atoms. The van der Waals surface area contributed by atoms with Gasteiger partial charge in [-0.2, -0.15) is 18.2 Å². The number of carbonyl (C=O) groups excluding carboxylic acids is 1. The van der Waals surface area contributed by atoms with Crippen molar-refractivity contribution in [2.24, 2.45) is 0 Å². The van der Waals surface area contributed by atoms with Gasteiger partial charge in [0, 0.05) is 17.6 Å². The fraction of sp³-hybridized carbons (Fsp3) is 0.0714. The standard InChI is InChI=1S/C14H9ClF4N4O/c1-7(16)12(24)22-9-4-2-3-8(5-9)21-11-10(14(17,18)19)6-20-13(15)23-11/h2-6H,1H2,(H,22,24)(H,20,21,23). The van der Waals surface area contributed by atoms with Crippen molar-refractivity contribution in [2.75, 3.05) is 10.6 Å². The molecule has 0 radical (unpaired) electrons. The first-order valence-electron chi connectivity index (χ1n) is 6.29. The first-order valence-corrected chi connectivity index (χ1v) is 6.67. The summed E-state index contributed by atoms with van der Waals surface area (Å²) in [5.74, 6) is -2.82. The minimum Gasteiger partial charge on any atom is -0.340 e. The van der Waals surface area contributed by atoms with Crippen molar-refractivity contribution in [3.05, 3.63) is 53.7 Å². The van der Waals surface area contributed by atoms with E-state index in [4.69, 9.17) is 11.6 Å². The van der Waals surface area contributed by atoms with E-state index in [1.165, 1.54) is 24.3 Å². The molecule has 0 aliphatic heterocycles. The molecule has 126 valence electrons. The van der Waals surface area contributed by atoms with Crippen LogP contribution in [0.15, 0.2) is 42.9 Å². The molecule has 5 nitrogen and oxygen atoms in total. The van der Waals surface area contributed by atoms with Crippen molar-refractivity contribution in [1.82, 2.24) is 9.97 Å². The van der Waals surface area contributed by atoms with Gasteiger partial charge in [-0.25, -0.2) is 9.37 Å². The molecule has 0 fully saturated rings. The number of aromatic nitrogens is 2. The lowest BCUT2D eigenvalue weighted by atomic mass is 10.2. The van der Waals surface area contributed by atoms with E-state index in [1.54, 1.807) is 0 Å². The summed E-state index contributed by atoms with van der Waals surface area (Å²) in [7, 11) is 0. The number of halogens is 5. The number of hydrogen-bond acceptors (Lipinski definition) is 4. The number of alkyl halides is 3. The lowest BCUT2D eigenvalue weighted by molar-refractivity contribution is -0.137. The zero-order valence-corrected chi connectivity index (χ0v) is 12.5. The van der Waals surface area contributed by atoms with Crippen LogP contribution in [0.1, 0.15) is 5.56 Å². The van der Waals surface area contributed by atoms with Crippen LogP contribution in [0.2, 0.25) is 5.28 Å². The number of carbonyl (C=O) groups is 1. The molecule has 0 unspecified atom stereocenters. The molecule has 10 heteroatoms. The van der Waals surface area contributed by atoms with Crippen LogP contribution in [-0.4, -0.2) is 15.9 Å². The Morgan fingerprint density at radius 2 is 1.92 bits per heavy atom. The van der Waals surface area contributed by atoms with E-state index < -0.39 is 29.3 Å². The average Bonchev–Trinajstić information content (AvgIpc) is 2.46. The second kappa shape index (κ2) is 6.83. The van der Waals surface area contributed by atoms with Crippen LogP contribution < -0.4 is 10.6 Å². The molecule has 0 saturated heterocycles. The lowest BCUT2D eigenvalue weighted by Gasteiger charge is -2.14. The number of nitrogens with zero attached hydrogens (tertiary/aromatic N) is 2. The topological polar surface area (TPSA) is 66.9 Å². The Morgan fingerprint density at radius 3 is 2.54 bits per heavy atom. The van der Waals surface area contributed by atoms with Crippen molar-refractivity contribution < 1.29 is 22.4 Å². The molecule has 1 heterocycles. The quantitative estimate of drug-likeness (QED) is 0.484. The maximum absolute atomic E-state index is 13.0. The van der Waals surface area contributed by atoms with E-state index in [9.17, 15) is 22.4 Å². The van der Waals surface area contributed by atoms with Crippen molar-refractivity contribution in [3.63, 3.8) is 0 Å². The summed E-state index contributed by atoms with van der Waals surface area (Å²) in [6.45, 7) is 2.84. The van der Waals surface area contributed by atoms with E-state index in [2.05, 4.69) is 27.2 Å². The maximum atomic E-state index is 13.0. The summed E-state index contributed by atoms with van der Waals surface area (Å²) in [6, 6.07) is 5.58. The van der Waals surface area contributed by atoms with Gasteiger partial charge >= 0.3 is 6.18 Å². The maximum Gasteiger partial charge on any atom is 0.421 e. The molecular weight excluding hydrogens is 352 g/mol. The Hall–Kier alpha value is -2.68. The summed E-state index contributed by atoms with van der Waals surface area (Å²) in [4.78, 5) is 18.0. The second-order valence-corrected chi connectivity index (χ2v) is 4.80. The number of hydrogen-bond donors (Lipinski definition) is 2. The average molecular weight is 361 g/mol. The van der Waals surface area contributed by atoms with Crippen molar-refractivity contribution in [1.29, 1.82) is 0 Å². The molecule has 0 saturated carbocycles. The van der Waals surface area contributed by atoms with Crippen LogP contribution in [0, 0.1) is 0 Å². The first-order chi connectivity index (χ1) is 11.2. The molecule has 2 aromatic rings. The number of amides is 1. The van der Waals surface area contributed by atoms with Gasteiger partial charge in [-0.15, -0.1) is 0 Å². The van der Waals surface area contributed by atoms with Crippen LogP contribution in [0.3, 0.4) is 0 Å². The summed E-state index contributed by atoms with van der Waals surface area (Å²) >= 11 is 5.53. The number of nitrogens with one attached hydrogen (secondary N) is 2. The van der Waals surface area contributed by atoms with Crippen LogP contribution in [0.25, 0.3) is 0 Å². The van der Waals surface area contributed by atoms with Crippen molar-refractivity contribution in [3.8, 4) is 0 Å². The third-order valence-electron chi connectivity index (χ3n) is 2.69. The van der Waals surface area contributed by atoms with Gasteiger partial charge in [0.2, 0.25) is 5.28 Å². The summed E-state index contributed by atoms with van der Waals surface area (Å²) in [5.41, 5.74) is -0.798. The lowest BCUT2D eigenvalue weighted by Crippen LogP contribution is -2.12. The molecule has 0 bridgehead atoms. The predicted molar refractivity (Wildman–Crippen MR) is 80.6 cm³/mol. The van der Waals surface area contributed by atoms with E-state index in [0.29, 0.717) is 6.20 Å². The largest absolute Gasteiger partial charge is 0.421 e. The third-order valence-corrected chi connectivity index (χ3v) is 2.88. The first kappa shape index (κ1) is 17.7. The van der Waals surface area contributed by atoms with Gasteiger partial charge in [0.15, 0.2) is 5.83 Å². The van der Waals surface area contributed by atoms with Gasteiger partial charge in [0.1, 0.15) is 11.4 Å². The molecular formula is C14H9ClF4N4O. The van der Waals surface area contributed by atoms with Gasteiger partial charge in [0.05, 0.1) is 0 Å². The summed E-state index contributed by atoms with van der Waals surface area (Å²) in [5, 5.41) is 4.26. The zero-order valence-electron chi connectivity index (χ0n) is 11.8. The Morgan fingerprint density at radius 1 is 1.25 bits per heavy atom. The van der Waals surface area contributed by atoms with Gasteiger partial charge in [-0.05, 0) is 29.8 Å². The van der Waals surface area contributed by atoms with Crippen LogP contribution in [0.5, 0.6) is 0 Å². The molecule has 0 aliphatic carbocycles. The Labute approximate surface area is 138 Å². The monoisotopic (exact) mass is 360 g/mol. The van der Waals surface area contributed by atoms with E-state index in [1.807, 2.05) is 0 Å². The highest BCUT2D eigenvalue weighted by Crippen LogP contribution is 2.35. The number of anilines is 3. The molecule has 2 N–H and O–H groups in total. The highest BCUT2D eigenvalue weighted by molar-refractivity contribution is 6.28. The smallest absolute Gasteiger partial charge is 0.340 e. The fourth-order valence-corrected chi connectivity index (χ4v) is 1.81. The second-order valence-electron chi connectivity index (χ2n) is 4.46. The SMILES string of the molecule is C=C(F)C(=O)Nc1cccc(Nc2nc(Cl)ncc2C(F)(F)F)c1. The van der Waals surface area contributed by atoms with Crippen molar-refractivity contribution in [2.45, 2.75) is 6.18 Å².